The summed E-state index contributed by atoms with van der Waals surface area (Å²) in [6.45, 7) is 5.41. The van der Waals surface area contributed by atoms with Gasteiger partial charge in [-0.05, 0) is 80.4 Å². The lowest BCUT2D eigenvalue weighted by Gasteiger charge is -2.40. The first kappa shape index (κ1) is 25.6. The van der Waals surface area contributed by atoms with E-state index in [0.29, 0.717) is 27.8 Å². The molecule has 8 heteroatoms. The number of hydrogen-bond acceptors (Lipinski definition) is 4. The van der Waals surface area contributed by atoms with Crippen molar-refractivity contribution in [3.8, 4) is 0 Å². The van der Waals surface area contributed by atoms with Gasteiger partial charge >= 0.3 is 12.0 Å². The van der Waals surface area contributed by atoms with Gasteiger partial charge in [-0.15, -0.1) is 0 Å². The maximum atomic E-state index is 13.4. The van der Waals surface area contributed by atoms with Crippen molar-refractivity contribution >= 4 is 46.6 Å². The molecule has 0 saturated carbocycles. The highest BCUT2D eigenvalue weighted by Gasteiger charge is 2.46. The summed E-state index contributed by atoms with van der Waals surface area (Å²) < 4.78 is 4.79. The number of methoxy groups -OCH3 is 1. The highest BCUT2D eigenvalue weighted by Crippen LogP contribution is 2.47. The average Bonchev–Trinajstić information content (AvgIpc) is 3.21. The van der Waals surface area contributed by atoms with Gasteiger partial charge < -0.3 is 10.1 Å². The van der Waals surface area contributed by atoms with E-state index in [2.05, 4.69) is 35.3 Å². The molecular weight excluding hydrogens is 509 g/mol. The number of piperidine rings is 1. The zero-order chi connectivity index (χ0) is 26.2. The number of anilines is 2. The summed E-state index contributed by atoms with van der Waals surface area (Å²) in [4.78, 5) is 29.4. The lowest BCUT2D eigenvalue weighted by molar-refractivity contribution is 0.0600. The van der Waals surface area contributed by atoms with Gasteiger partial charge in [-0.1, -0.05) is 53.0 Å². The molecule has 2 aliphatic rings. The number of rotatable bonds is 4. The predicted molar refractivity (Wildman–Crippen MR) is 148 cm³/mol. The summed E-state index contributed by atoms with van der Waals surface area (Å²) in [5, 5.41) is 3.84. The Morgan fingerprint density at radius 1 is 0.973 bits per heavy atom. The van der Waals surface area contributed by atoms with Gasteiger partial charge in [0.15, 0.2) is 0 Å². The molecule has 6 nitrogen and oxygen atoms in total. The third-order valence-electron chi connectivity index (χ3n) is 7.49. The smallest absolute Gasteiger partial charge is 0.337 e. The molecule has 1 N–H and O–H groups in total. The Balaban J connectivity index is 1.30. The van der Waals surface area contributed by atoms with Crippen LogP contribution in [0.2, 0.25) is 10.0 Å². The van der Waals surface area contributed by atoms with E-state index < -0.39 is 0 Å². The number of likely N-dealkylation sites (tertiary alicyclic amines) is 1. The minimum Gasteiger partial charge on any atom is -0.465 e. The number of urea groups is 1. The summed E-state index contributed by atoms with van der Waals surface area (Å²) in [5.41, 5.74) is 5.66. The summed E-state index contributed by atoms with van der Waals surface area (Å²) in [6, 6.07) is 18.9. The van der Waals surface area contributed by atoms with Gasteiger partial charge in [0.1, 0.15) is 0 Å². The molecular formula is C29H29Cl2N3O3. The van der Waals surface area contributed by atoms with Crippen LogP contribution in [0.4, 0.5) is 16.2 Å². The lowest BCUT2D eigenvalue weighted by atomic mass is 9.74. The second-order valence-corrected chi connectivity index (χ2v) is 10.7. The first-order chi connectivity index (χ1) is 17.8. The van der Waals surface area contributed by atoms with Crippen molar-refractivity contribution in [2.45, 2.75) is 31.7 Å². The zero-order valence-electron chi connectivity index (χ0n) is 20.9. The first-order valence-corrected chi connectivity index (χ1v) is 13.1. The van der Waals surface area contributed by atoms with Crippen molar-refractivity contribution in [3.63, 3.8) is 0 Å². The Bertz CT molecular complexity index is 1330. The number of carbonyl (C=O) groups is 2. The van der Waals surface area contributed by atoms with Crippen LogP contribution in [0, 0.1) is 6.92 Å². The van der Waals surface area contributed by atoms with Gasteiger partial charge in [0.2, 0.25) is 0 Å². The molecule has 1 fully saturated rings. The van der Waals surface area contributed by atoms with Crippen LogP contribution in [-0.2, 0) is 16.7 Å². The van der Waals surface area contributed by atoms with Crippen LogP contribution in [0.3, 0.4) is 0 Å². The van der Waals surface area contributed by atoms with E-state index in [1.54, 1.807) is 18.2 Å². The van der Waals surface area contributed by atoms with Crippen LogP contribution in [0.25, 0.3) is 0 Å². The Morgan fingerprint density at radius 3 is 2.38 bits per heavy atom. The Morgan fingerprint density at radius 2 is 1.70 bits per heavy atom. The SMILES string of the molecule is COC(=O)c1ccc(CN2CCC3(CC2)CN(C(=O)Nc2ccc(Cl)c(Cl)c2)c2ccc(C)cc23)cc1. The molecule has 37 heavy (non-hydrogen) atoms. The third kappa shape index (κ3) is 5.19. The summed E-state index contributed by atoms with van der Waals surface area (Å²) >= 11 is 12.2. The van der Waals surface area contributed by atoms with Crippen LogP contribution in [0.5, 0.6) is 0 Å². The molecule has 0 radical (unpaired) electrons. The lowest BCUT2D eigenvalue weighted by Crippen LogP contribution is -2.46. The van der Waals surface area contributed by atoms with Crippen molar-refractivity contribution in [3.05, 3.63) is 93.0 Å². The maximum absolute atomic E-state index is 13.4. The van der Waals surface area contributed by atoms with Gasteiger partial charge in [-0.3, -0.25) is 9.80 Å². The minimum absolute atomic E-state index is 0.0818. The first-order valence-electron chi connectivity index (χ1n) is 12.3. The number of esters is 1. The Labute approximate surface area is 227 Å². The van der Waals surface area contributed by atoms with E-state index in [0.717, 1.165) is 43.7 Å². The van der Waals surface area contributed by atoms with Crippen molar-refractivity contribution in [2.24, 2.45) is 0 Å². The minimum atomic E-state index is -0.325. The number of hydrogen-bond donors (Lipinski definition) is 1. The molecule has 0 aromatic heterocycles. The third-order valence-corrected chi connectivity index (χ3v) is 8.22. The van der Waals surface area contributed by atoms with E-state index in [9.17, 15) is 9.59 Å². The Kier molecular flexibility index (Phi) is 7.17. The molecule has 2 aliphatic heterocycles. The average molecular weight is 538 g/mol. The number of benzene rings is 3. The quantitative estimate of drug-likeness (QED) is 0.377. The van der Waals surface area contributed by atoms with Gasteiger partial charge in [-0.2, -0.15) is 0 Å². The number of aryl methyl sites for hydroxylation is 1. The van der Waals surface area contributed by atoms with E-state index >= 15 is 0 Å². The highest BCUT2D eigenvalue weighted by atomic mass is 35.5. The normalized spacial score (nSPS) is 16.5. The fourth-order valence-electron chi connectivity index (χ4n) is 5.42. The molecule has 3 aromatic carbocycles. The molecule has 1 saturated heterocycles. The number of nitrogens with zero attached hydrogens (tertiary/aromatic N) is 2. The van der Waals surface area contributed by atoms with Gasteiger partial charge in [0, 0.05) is 29.9 Å². The van der Waals surface area contributed by atoms with Crippen molar-refractivity contribution < 1.29 is 14.3 Å². The number of nitrogens with one attached hydrogen (secondary N) is 1. The summed E-state index contributed by atoms with van der Waals surface area (Å²) in [7, 11) is 1.39. The van der Waals surface area contributed by atoms with Crippen molar-refractivity contribution in [2.75, 3.05) is 37.0 Å². The number of fused-ring (bicyclic) bond motifs is 2. The van der Waals surface area contributed by atoms with Crippen LogP contribution >= 0.6 is 23.2 Å². The molecule has 3 aromatic rings. The summed E-state index contributed by atoms with van der Waals surface area (Å²) in [6.07, 6.45) is 1.92. The fraction of sp³-hybridized carbons (Fsp3) is 0.310. The molecule has 0 bridgehead atoms. The zero-order valence-corrected chi connectivity index (χ0v) is 22.4. The molecule has 5 rings (SSSR count). The van der Waals surface area contributed by atoms with Crippen LogP contribution in [-0.4, -0.2) is 43.6 Å². The highest BCUT2D eigenvalue weighted by molar-refractivity contribution is 6.42. The molecule has 0 aliphatic carbocycles. The van der Waals surface area contributed by atoms with Crippen molar-refractivity contribution in [1.82, 2.24) is 4.90 Å². The van der Waals surface area contributed by atoms with E-state index in [1.807, 2.05) is 29.2 Å². The monoisotopic (exact) mass is 537 g/mol. The maximum Gasteiger partial charge on any atom is 0.337 e. The van der Waals surface area contributed by atoms with Gasteiger partial charge in [-0.25, -0.2) is 9.59 Å². The Hall–Kier alpha value is -3.06. The molecule has 2 heterocycles. The molecule has 192 valence electrons. The van der Waals surface area contributed by atoms with E-state index in [1.165, 1.54) is 18.2 Å². The van der Waals surface area contributed by atoms with Crippen LogP contribution in [0.1, 0.15) is 39.9 Å². The fourth-order valence-corrected chi connectivity index (χ4v) is 5.72. The molecule has 0 atom stereocenters. The number of halogens is 2. The largest absolute Gasteiger partial charge is 0.465 e. The number of ether oxygens (including phenoxy) is 1. The van der Waals surface area contributed by atoms with Crippen molar-refractivity contribution in [1.29, 1.82) is 0 Å². The standard InChI is InChI=1S/C29H29Cl2N3O3/c1-19-3-10-26-23(15-19)29(18-34(26)28(36)32-22-8-9-24(30)25(31)16-22)11-13-33(14-12-29)17-20-4-6-21(7-5-20)27(35)37-2/h3-10,15-16H,11-14,17-18H2,1-2H3,(H,32,36). The molecule has 2 amide bonds. The number of carbonyl (C=O) groups excluding carboxylic acids is 2. The molecule has 1 spiro atoms. The second kappa shape index (κ2) is 10.4. The predicted octanol–water partition coefficient (Wildman–Crippen LogP) is 6.67. The van der Waals surface area contributed by atoms with E-state index in [4.69, 9.17) is 27.9 Å². The second-order valence-electron chi connectivity index (χ2n) is 9.91. The molecule has 0 unspecified atom stereocenters. The van der Waals surface area contributed by atoms with E-state index in [-0.39, 0.29) is 17.4 Å². The van der Waals surface area contributed by atoms with Gasteiger partial charge in [0.25, 0.3) is 0 Å². The number of amides is 2. The topological polar surface area (TPSA) is 61.9 Å². The van der Waals surface area contributed by atoms with Crippen LogP contribution in [0.15, 0.2) is 60.7 Å². The summed E-state index contributed by atoms with van der Waals surface area (Å²) in [5.74, 6) is -0.325. The van der Waals surface area contributed by atoms with Crippen LogP contribution < -0.4 is 10.2 Å². The van der Waals surface area contributed by atoms with Gasteiger partial charge in [0.05, 0.1) is 22.7 Å².